The van der Waals surface area contributed by atoms with Gasteiger partial charge in [0, 0.05) is 5.56 Å². The lowest BCUT2D eigenvalue weighted by Crippen LogP contribution is -2.04. The van der Waals surface area contributed by atoms with Crippen molar-refractivity contribution in [2.24, 2.45) is 5.92 Å². The van der Waals surface area contributed by atoms with E-state index in [0.717, 1.165) is 55.0 Å². The van der Waals surface area contributed by atoms with Gasteiger partial charge in [0.1, 0.15) is 17.1 Å². The van der Waals surface area contributed by atoms with Gasteiger partial charge < -0.3 is 0 Å². The van der Waals surface area contributed by atoms with Gasteiger partial charge in [0.15, 0.2) is 0 Å². The predicted molar refractivity (Wildman–Crippen MR) is 147 cm³/mol. The van der Waals surface area contributed by atoms with Crippen LogP contribution in [0.4, 0.5) is 0 Å². The minimum absolute atomic E-state index is 0.0852. The van der Waals surface area contributed by atoms with E-state index in [1.165, 1.54) is 5.56 Å². The molecule has 0 fully saturated rings. The van der Waals surface area contributed by atoms with E-state index in [1.807, 2.05) is 36.4 Å². The van der Waals surface area contributed by atoms with Crippen LogP contribution in [0.3, 0.4) is 0 Å². The van der Waals surface area contributed by atoms with Gasteiger partial charge in [-0.3, -0.25) is 0 Å². The molecule has 1 aromatic heterocycles. The average molecular weight is 491 g/mol. The van der Waals surface area contributed by atoms with Crippen LogP contribution in [0.1, 0.15) is 22.3 Å². The van der Waals surface area contributed by atoms with Crippen LogP contribution in [0.25, 0.3) is 49.1 Å². The van der Waals surface area contributed by atoms with Crippen LogP contribution in [0.2, 0.25) is 0 Å². The Kier molecular flexibility index (Phi) is 5.59. The van der Waals surface area contributed by atoms with Crippen molar-refractivity contribution >= 4 is 27.6 Å². The number of benzene rings is 4. The van der Waals surface area contributed by atoms with Crippen LogP contribution in [0, 0.1) is 39.9 Å². The van der Waals surface area contributed by atoms with Crippen LogP contribution in [-0.4, -0.2) is 4.98 Å². The van der Waals surface area contributed by atoms with Gasteiger partial charge in [-0.25, -0.2) is 4.98 Å². The summed E-state index contributed by atoms with van der Waals surface area (Å²) in [5.74, 6) is -0.0852. The van der Waals surface area contributed by atoms with Gasteiger partial charge in [0.05, 0.1) is 33.3 Å². The van der Waals surface area contributed by atoms with Gasteiger partial charge in [-0.15, -0.1) is 11.3 Å². The summed E-state index contributed by atoms with van der Waals surface area (Å²) in [6, 6.07) is 32.8. The zero-order valence-electron chi connectivity index (χ0n) is 19.6. The second-order valence-corrected chi connectivity index (χ2v) is 10.0. The maximum absolute atomic E-state index is 9.58. The lowest BCUT2D eigenvalue weighted by molar-refractivity contribution is 0.811. The standard InChI is InChI=1S/C32H18N4S/c33-17-20-5-6-22-12-23(8-7-21(22)11-20)26-14-27(24-9-10-25(18-34)29(13-24)19-35)16-28(15-26)32-36-30-3-1-2-4-31(30)37-32/h1-10,12-16,20H,11H2. The molecular weight excluding hydrogens is 472 g/mol. The third-order valence-electron chi connectivity index (χ3n) is 6.66. The quantitative estimate of drug-likeness (QED) is 0.259. The molecule has 0 aliphatic heterocycles. The van der Waals surface area contributed by atoms with Gasteiger partial charge >= 0.3 is 0 Å². The Bertz CT molecular complexity index is 1820. The predicted octanol–water partition coefficient (Wildman–Crippen LogP) is 7.75. The summed E-state index contributed by atoms with van der Waals surface area (Å²) in [6.07, 6.45) is 4.73. The molecule has 1 aliphatic carbocycles. The highest BCUT2D eigenvalue weighted by molar-refractivity contribution is 7.21. The number of rotatable bonds is 3. The largest absolute Gasteiger partial charge is 0.236 e. The molecule has 1 atom stereocenters. The topological polar surface area (TPSA) is 84.3 Å². The highest BCUT2D eigenvalue weighted by atomic mass is 32.1. The lowest BCUT2D eigenvalue weighted by Gasteiger charge is -2.16. The summed E-state index contributed by atoms with van der Waals surface area (Å²) in [6.45, 7) is 0. The van der Waals surface area contributed by atoms with E-state index in [-0.39, 0.29) is 5.92 Å². The van der Waals surface area contributed by atoms with Gasteiger partial charge in [-0.2, -0.15) is 15.8 Å². The first-order chi connectivity index (χ1) is 18.1. The van der Waals surface area contributed by atoms with Gasteiger partial charge in [-0.1, -0.05) is 42.5 Å². The molecule has 4 nitrogen and oxygen atoms in total. The SMILES string of the molecule is N#Cc1ccc(-c2cc(-c3ccc4c(c3)C=CC(C#N)C4)cc(-c3nc4ccccc4s3)c2)cc1C#N. The minimum Gasteiger partial charge on any atom is -0.236 e. The normalized spacial score (nSPS) is 13.9. The minimum atomic E-state index is -0.0852. The van der Waals surface area contributed by atoms with Crippen molar-refractivity contribution in [1.82, 2.24) is 4.98 Å². The molecule has 37 heavy (non-hydrogen) atoms. The first-order valence-corrected chi connectivity index (χ1v) is 12.6. The number of fused-ring (bicyclic) bond motifs is 2. The van der Waals surface area contributed by atoms with E-state index in [2.05, 4.69) is 60.7 Å². The summed E-state index contributed by atoms with van der Waals surface area (Å²) in [5, 5.41) is 29.2. The van der Waals surface area contributed by atoms with E-state index >= 15 is 0 Å². The Morgan fingerprint density at radius 3 is 2.22 bits per heavy atom. The molecule has 0 saturated heterocycles. The van der Waals surface area contributed by atoms with Gasteiger partial charge in [0.25, 0.3) is 0 Å². The zero-order chi connectivity index (χ0) is 25.4. The van der Waals surface area contributed by atoms with Crippen molar-refractivity contribution in [3.8, 4) is 51.0 Å². The Hall–Kier alpha value is -5.02. The molecule has 1 aliphatic rings. The van der Waals surface area contributed by atoms with Crippen molar-refractivity contribution in [3.63, 3.8) is 0 Å². The lowest BCUT2D eigenvalue weighted by atomic mass is 9.87. The van der Waals surface area contributed by atoms with E-state index < -0.39 is 0 Å². The number of para-hydroxylation sites is 1. The van der Waals surface area contributed by atoms with Crippen molar-refractivity contribution in [2.45, 2.75) is 6.42 Å². The Morgan fingerprint density at radius 2 is 1.46 bits per heavy atom. The molecule has 0 radical (unpaired) electrons. The number of thiazole rings is 1. The van der Waals surface area contributed by atoms with Crippen LogP contribution in [0.5, 0.6) is 0 Å². The molecule has 5 aromatic rings. The molecule has 0 spiro atoms. The molecule has 1 heterocycles. The molecule has 0 bridgehead atoms. The second kappa shape index (κ2) is 9.21. The number of nitriles is 3. The number of nitrogens with zero attached hydrogens (tertiary/aromatic N) is 4. The van der Waals surface area contributed by atoms with Crippen molar-refractivity contribution in [1.29, 1.82) is 15.8 Å². The number of allylic oxidation sites excluding steroid dienone is 1. The fourth-order valence-electron chi connectivity index (χ4n) is 4.72. The Labute approximate surface area is 218 Å². The Balaban J connectivity index is 1.53. The number of hydrogen-bond donors (Lipinski definition) is 0. The van der Waals surface area contributed by atoms with Gasteiger partial charge in [-0.05, 0) is 88.3 Å². The van der Waals surface area contributed by atoms with Gasteiger partial charge in [0.2, 0.25) is 0 Å². The molecule has 0 saturated carbocycles. The molecular formula is C32H18N4S. The summed E-state index contributed by atoms with van der Waals surface area (Å²) < 4.78 is 1.13. The molecule has 172 valence electrons. The maximum atomic E-state index is 9.58. The molecule has 6 rings (SSSR count). The number of aromatic nitrogens is 1. The molecule has 5 heteroatoms. The third-order valence-corrected chi connectivity index (χ3v) is 7.75. The van der Waals surface area contributed by atoms with Crippen LogP contribution in [0.15, 0.2) is 84.9 Å². The van der Waals surface area contributed by atoms with E-state index in [4.69, 9.17) is 4.98 Å². The average Bonchev–Trinajstić information content (AvgIpc) is 3.40. The molecule has 0 amide bonds. The molecule has 1 unspecified atom stereocenters. The van der Waals surface area contributed by atoms with E-state index in [0.29, 0.717) is 11.1 Å². The van der Waals surface area contributed by atoms with E-state index in [9.17, 15) is 15.8 Å². The fourth-order valence-corrected chi connectivity index (χ4v) is 5.68. The summed E-state index contributed by atoms with van der Waals surface area (Å²) >= 11 is 1.65. The molecule has 4 aromatic carbocycles. The first kappa shape index (κ1) is 22.4. The zero-order valence-corrected chi connectivity index (χ0v) is 20.5. The van der Waals surface area contributed by atoms with Crippen molar-refractivity contribution < 1.29 is 0 Å². The highest BCUT2D eigenvalue weighted by Crippen LogP contribution is 2.37. The van der Waals surface area contributed by atoms with E-state index in [1.54, 1.807) is 23.5 Å². The first-order valence-electron chi connectivity index (χ1n) is 11.8. The monoisotopic (exact) mass is 490 g/mol. The van der Waals surface area contributed by atoms with Crippen LogP contribution >= 0.6 is 11.3 Å². The smallest absolute Gasteiger partial charge is 0.124 e. The highest BCUT2D eigenvalue weighted by Gasteiger charge is 2.16. The maximum Gasteiger partial charge on any atom is 0.124 e. The van der Waals surface area contributed by atoms with Crippen LogP contribution in [-0.2, 0) is 6.42 Å². The Morgan fingerprint density at radius 1 is 0.730 bits per heavy atom. The number of hydrogen-bond acceptors (Lipinski definition) is 5. The summed E-state index contributed by atoms with van der Waals surface area (Å²) in [4.78, 5) is 4.88. The second-order valence-electron chi connectivity index (χ2n) is 8.98. The van der Waals surface area contributed by atoms with Crippen molar-refractivity contribution in [2.75, 3.05) is 0 Å². The van der Waals surface area contributed by atoms with Crippen LogP contribution < -0.4 is 0 Å². The third kappa shape index (κ3) is 4.17. The summed E-state index contributed by atoms with van der Waals surface area (Å²) in [7, 11) is 0. The van der Waals surface area contributed by atoms with Crippen molar-refractivity contribution in [3.05, 3.63) is 107 Å². The molecule has 0 N–H and O–H groups in total. The summed E-state index contributed by atoms with van der Waals surface area (Å²) in [5.41, 5.74) is 8.90. The fraction of sp³-hybridized carbons (Fsp3) is 0.0625.